The first-order valence-corrected chi connectivity index (χ1v) is 22.2. The van der Waals surface area contributed by atoms with E-state index in [2.05, 4.69) is 45.0 Å². The Balaban J connectivity index is 4.10. The highest BCUT2D eigenvalue weighted by molar-refractivity contribution is 5.69. The molecule has 0 radical (unpaired) electrons. The summed E-state index contributed by atoms with van der Waals surface area (Å²) in [5.41, 5.74) is 0. The first kappa shape index (κ1) is 47.4. The molecular formula is C44H90N2O2. The van der Waals surface area contributed by atoms with E-state index in [4.69, 9.17) is 4.74 Å². The molecule has 0 bridgehead atoms. The highest BCUT2D eigenvalue weighted by Crippen LogP contribution is 2.22. The molecule has 48 heavy (non-hydrogen) atoms. The first-order valence-electron chi connectivity index (χ1n) is 22.2. The van der Waals surface area contributed by atoms with Crippen molar-refractivity contribution in [2.45, 2.75) is 239 Å². The molecule has 0 aromatic heterocycles. The second-order valence-corrected chi connectivity index (χ2v) is 15.4. The highest BCUT2D eigenvalue weighted by atomic mass is 16.5. The largest absolute Gasteiger partial charge is 0.462 e. The monoisotopic (exact) mass is 679 g/mol. The number of ether oxygens (including phenoxy) is 1. The van der Waals surface area contributed by atoms with E-state index in [1.807, 2.05) is 0 Å². The minimum absolute atomic E-state index is 0.0538. The van der Waals surface area contributed by atoms with Crippen LogP contribution in [0.15, 0.2) is 0 Å². The third-order valence-electron chi connectivity index (χ3n) is 10.7. The number of carbonyl (C=O) groups is 1. The van der Waals surface area contributed by atoms with Crippen LogP contribution in [-0.4, -0.2) is 50.2 Å². The van der Waals surface area contributed by atoms with E-state index in [9.17, 15) is 4.79 Å². The second-order valence-electron chi connectivity index (χ2n) is 15.4. The molecule has 0 rings (SSSR count). The molecule has 4 nitrogen and oxygen atoms in total. The average Bonchev–Trinajstić information content (AvgIpc) is 3.09. The van der Waals surface area contributed by atoms with Crippen molar-refractivity contribution in [3.8, 4) is 0 Å². The lowest BCUT2D eigenvalue weighted by atomic mass is 9.92. The molecule has 0 heterocycles. The third kappa shape index (κ3) is 33.9. The van der Waals surface area contributed by atoms with Gasteiger partial charge in [-0.15, -0.1) is 0 Å². The van der Waals surface area contributed by atoms with Crippen LogP contribution < -0.4 is 5.32 Å². The van der Waals surface area contributed by atoms with Crippen molar-refractivity contribution in [1.82, 2.24) is 10.2 Å². The van der Waals surface area contributed by atoms with Crippen LogP contribution in [0.5, 0.6) is 0 Å². The van der Waals surface area contributed by atoms with Gasteiger partial charge in [0.2, 0.25) is 0 Å². The molecule has 0 aromatic rings. The zero-order valence-corrected chi connectivity index (χ0v) is 33.9. The van der Waals surface area contributed by atoms with Crippen molar-refractivity contribution < 1.29 is 9.53 Å². The van der Waals surface area contributed by atoms with E-state index in [0.29, 0.717) is 6.42 Å². The summed E-state index contributed by atoms with van der Waals surface area (Å²) >= 11 is 0. The Kier molecular flexibility index (Phi) is 38.7. The minimum atomic E-state index is 0.0538. The van der Waals surface area contributed by atoms with Gasteiger partial charge in [0, 0.05) is 6.42 Å². The fourth-order valence-electron chi connectivity index (χ4n) is 7.30. The van der Waals surface area contributed by atoms with Crippen LogP contribution in [0.25, 0.3) is 0 Å². The summed E-state index contributed by atoms with van der Waals surface area (Å²) in [7, 11) is 2.07. The normalized spacial score (nSPS) is 13.0. The summed E-state index contributed by atoms with van der Waals surface area (Å²) in [6.45, 7) is 14.1. The molecule has 0 aromatic carbocycles. The maximum absolute atomic E-state index is 12.6. The van der Waals surface area contributed by atoms with E-state index >= 15 is 0 Å². The van der Waals surface area contributed by atoms with E-state index in [-0.39, 0.29) is 12.1 Å². The molecule has 1 N–H and O–H groups in total. The number of nitrogens with zero attached hydrogens (tertiary/aromatic N) is 1. The second kappa shape index (κ2) is 39.2. The SMILES string of the molecule is CCCCCCCCC(CC)CCCCCCCN(CCCCCCCC(=O)OC(CCCCCC)CCCCCCC)CCCNC. The van der Waals surface area contributed by atoms with Crippen LogP contribution in [0.4, 0.5) is 0 Å². The molecule has 288 valence electrons. The van der Waals surface area contributed by atoms with Crippen molar-refractivity contribution in [1.29, 1.82) is 0 Å². The maximum atomic E-state index is 12.6. The van der Waals surface area contributed by atoms with Crippen LogP contribution in [0.2, 0.25) is 0 Å². The summed E-state index contributed by atoms with van der Waals surface area (Å²) in [5, 5.41) is 3.33. The maximum Gasteiger partial charge on any atom is 0.306 e. The summed E-state index contributed by atoms with van der Waals surface area (Å²) in [4.78, 5) is 15.4. The number of hydrogen-bond acceptors (Lipinski definition) is 4. The first-order chi connectivity index (χ1) is 23.6. The lowest BCUT2D eigenvalue weighted by Crippen LogP contribution is -2.29. The van der Waals surface area contributed by atoms with E-state index in [1.54, 1.807) is 0 Å². The Bertz CT molecular complexity index is 627. The van der Waals surface area contributed by atoms with Gasteiger partial charge in [-0.2, -0.15) is 0 Å². The summed E-state index contributed by atoms with van der Waals surface area (Å²) in [6.07, 6.45) is 41.4. The molecule has 0 saturated heterocycles. The molecule has 0 amide bonds. The molecule has 2 unspecified atom stereocenters. The van der Waals surface area contributed by atoms with Gasteiger partial charge in [-0.25, -0.2) is 0 Å². The molecule has 2 atom stereocenters. The van der Waals surface area contributed by atoms with Crippen molar-refractivity contribution in [2.24, 2.45) is 5.92 Å². The zero-order chi connectivity index (χ0) is 35.2. The van der Waals surface area contributed by atoms with Crippen LogP contribution in [0.3, 0.4) is 0 Å². The van der Waals surface area contributed by atoms with Gasteiger partial charge in [0.15, 0.2) is 0 Å². The molecule has 0 spiro atoms. The van der Waals surface area contributed by atoms with Crippen LogP contribution >= 0.6 is 0 Å². The van der Waals surface area contributed by atoms with Crippen LogP contribution in [0.1, 0.15) is 233 Å². The highest BCUT2D eigenvalue weighted by Gasteiger charge is 2.14. The number of unbranched alkanes of at least 4 members (excludes halogenated alkanes) is 20. The molecule has 0 aliphatic heterocycles. The van der Waals surface area contributed by atoms with Crippen LogP contribution in [0, 0.1) is 5.92 Å². The lowest BCUT2D eigenvalue weighted by molar-refractivity contribution is -0.150. The van der Waals surface area contributed by atoms with E-state index < -0.39 is 0 Å². The van der Waals surface area contributed by atoms with Gasteiger partial charge < -0.3 is 15.0 Å². The van der Waals surface area contributed by atoms with Crippen molar-refractivity contribution in [3.05, 3.63) is 0 Å². The smallest absolute Gasteiger partial charge is 0.306 e. The Morgan fingerprint density at radius 1 is 0.500 bits per heavy atom. The van der Waals surface area contributed by atoms with Gasteiger partial charge in [-0.1, -0.05) is 175 Å². The number of carbonyl (C=O) groups excluding carboxylic acids is 1. The van der Waals surface area contributed by atoms with Gasteiger partial charge >= 0.3 is 5.97 Å². The lowest BCUT2D eigenvalue weighted by Gasteiger charge is -2.22. The predicted octanol–water partition coefficient (Wildman–Crippen LogP) is 13.6. The summed E-state index contributed by atoms with van der Waals surface area (Å²) < 4.78 is 6.00. The van der Waals surface area contributed by atoms with Gasteiger partial charge in [-0.05, 0) is 90.5 Å². The Morgan fingerprint density at radius 3 is 1.38 bits per heavy atom. The Hall–Kier alpha value is -0.610. The van der Waals surface area contributed by atoms with E-state index in [0.717, 1.165) is 38.1 Å². The number of rotatable bonds is 40. The number of esters is 1. The molecular weight excluding hydrogens is 588 g/mol. The molecule has 0 aliphatic rings. The summed E-state index contributed by atoms with van der Waals surface area (Å²) in [6, 6.07) is 0. The fraction of sp³-hybridized carbons (Fsp3) is 0.977. The predicted molar refractivity (Wildman–Crippen MR) is 214 cm³/mol. The van der Waals surface area contributed by atoms with E-state index in [1.165, 1.54) is 193 Å². The summed E-state index contributed by atoms with van der Waals surface area (Å²) in [5.74, 6) is 1.03. The van der Waals surface area contributed by atoms with Crippen molar-refractivity contribution in [2.75, 3.05) is 33.2 Å². The number of nitrogens with one attached hydrogen (secondary N) is 1. The van der Waals surface area contributed by atoms with Gasteiger partial charge in [0.05, 0.1) is 0 Å². The van der Waals surface area contributed by atoms with Crippen LogP contribution in [-0.2, 0) is 9.53 Å². The zero-order valence-electron chi connectivity index (χ0n) is 33.9. The third-order valence-corrected chi connectivity index (χ3v) is 10.7. The molecule has 0 fully saturated rings. The van der Waals surface area contributed by atoms with Gasteiger partial charge in [0.1, 0.15) is 6.10 Å². The average molecular weight is 679 g/mol. The van der Waals surface area contributed by atoms with Crippen molar-refractivity contribution >= 4 is 5.97 Å². The molecule has 4 heteroatoms. The van der Waals surface area contributed by atoms with Crippen molar-refractivity contribution in [3.63, 3.8) is 0 Å². The quantitative estimate of drug-likeness (QED) is 0.0517. The molecule has 0 aliphatic carbocycles. The van der Waals surface area contributed by atoms with Gasteiger partial charge in [-0.3, -0.25) is 4.79 Å². The fourth-order valence-corrected chi connectivity index (χ4v) is 7.30. The Labute approximate surface area is 303 Å². The minimum Gasteiger partial charge on any atom is -0.462 e. The topological polar surface area (TPSA) is 41.6 Å². The van der Waals surface area contributed by atoms with Gasteiger partial charge in [0.25, 0.3) is 0 Å². The Morgan fingerprint density at radius 2 is 0.896 bits per heavy atom. The standard InChI is InChI=1S/C44H90N2O2/c1-6-10-13-16-20-25-33-42(9-4)34-26-21-17-23-30-39-46(41-32-38-45-5)40-31-24-18-22-29-37-44(47)48-43(35-27-15-12-8-3)36-28-19-14-11-7-2/h42-43,45H,6-41H2,1-5H3. The number of hydrogen-bond donors (Lipinski definition) is 1. The molecule has 0 saturated carbocycles.